The number of amides is 1. The lowest BCUT2D eigenvalue weighted by Crippen LogP contribution is -2.29. The maximum atomic E-state index is 13.6. The molecule has 1 aliphatic heterocycles. The van der Waals surface area contributed by atoms with Crippen LogP contribution in [0.5, 0.6) is 5.75 Å². The van der Waals surface area contributed by atoms with Crippen molar-refractivity contribution in [2.45, 2.75) is 19.8 Å². The van der Waals surface area contributed by atoms with E-state index in [0.717, 1.165) is 6.07 Å². The predicted octanol–water partition coefficient (Wildman–Crippen LogP) is 2.48. The van der Waals surface area contributed by atoms with E-state index in [0.29, 0.717) is 27.9 Å². The SMILES string of the molecule is Cc1nc(C2CN(C(=O)c3ccc(F)cc3OCCN)CC2=N)nc(C)c1Cl. The van der Waals surface area contributed by atoms with Crippen LogP contribution in [0.25, 0.3) is 0 Å². The molecule has 1 aromatic heterocycles. The monoisotopic (exact) mass is 405 g/mol. The Labute approximate surface area is 167 Å². The molecule has 2 aromatic rings. The number of halogens is 2. The number of rotatable bonds is 5. The molecule has 148 valence electrons. The van der Waals surface area contributed by atoms with E-state index in [2.05, 4.69) is 9.97 Å². The van der Waals surface area contributed by atoms with E-state index in [9.17, 15) is 9.18 Å². The number of benzene rings is 1. The third-order valence-electron chi connectivity index (χ3n) is 4.53. The summed E-state index contributed by atoms with van der Waals surface area (Å²) in [5.74, 6) is -0.649. The van der Waals surface area contributed by atoms with Crippen LogP contribution in [0, 0.1) is 25.1 Å². The highest BCUT2D eigenvalue weighted by Crippen LogP contribution is 2.28. The zero-order valence-electron chi connectivity index (χ0n) is 15.6. The summed E-state index contributed by atoms with van der Waals surface area (Å²) in [6, 6.07) is 3.75. The minimum Gasteiger partial charge on any atom is -0.491 e. The van der Waals surface area contributed by atoms with Crippen molar-refractivity contribution < 1.29 is 13.9 Å². The number of hydrogen-bond acceptors (Lipinski definition) is 6. The Morgan fingerprint density at radius 3 is 2.71 bits per heavy atom. The molecule has 3 rings (SSSR count). The average Bonchev–Trinajstić information content (AvgIpc) is 3.05. The summed E-state index contributed by atoms with van der Waals surface area (Å²) in [7, 11) is 0. The maximum absolute atomic E-state index is 13.6. The second-order valence-electron chi connectivity index (χ2n) is 6.61. The van der Waals surface area contributed by atoms with Crippen molar-refractivity contribution >= 4 is 23.2 Å². The third-order valence-corrected chi connectivity index (χ3v) is 5.08. The number of aromatic nitrogens is 2. The van der Waals surface area contributed by atoms with Gasteiger partial charge >= 0.3 is 0 Å². The molecule has 1 atom stereocenters. The Balaban J connectivity index is 1.85. The quantitative estimate of drug-likeness (QED) is 0.795. The summed E-state index contributed by atoms with van der Waals surface area (Å²) >= 11 is 6.13. The van der Waals surface area contributed by atoms with Crippen molar-refractivity contribution in [3.63, 3.8) is 0 Å². The molecule has 0 aliphatic carbocycles. The molecular formula is C19H21ClFN5O2. The van der Waals surface area contributed by atoms with E-state index >= 15 is 0 Å². The second kappa shape index (κ2) is 8.20. The molecular weight excluding hydrogens is 385 g/mol. The first-order valence-corrected chi connectivity index (χ1v) is 9.19. The van der Waals surface area contributed by atoms with Gasteiger partial charge in [-0.05, 0) is 26.0 Å². The number of hydrogen-bond donors (Lipinski definition) is 2. The minimum absolute atomic E-state index is 0.139. The summed E-state index contributed by atoms with van der Waals surface area (Å²) in [6.45, 7) is 4.36. The normalized spacial score (nSPS) is 16.5. The smallest absolute Gasteiger partial charge is 0.257 e. The van der Waals surface area contributed by atoms with Crippen molar-refractivity contribution in [3.05, 3.63) is 51.8 Å². The van der Waals surface area contributed by atoms with E-state index in [4.69, 9.17) is 27.5 Å². The van der Waals surface area contributed by atoms with Crippen LogP contribution in [0.15, 0.2) is 18.2 Å². The standard InChI is InChI=1S/C19H21ClFN5O2/c1-10-17(20)11(2)25-18(24-10)14-8-26(9-15(14)23)19(27)13-4-3-12(21)7-16(13)28-6-5-22/h3-4,7,14,23H,5-6,8-9,22H2,1-2H3. The fraction of sp³-hybridized carbons (Fsp3) is 0.368. The molecule has 28 heavy (non-hydrogen) atoms. The molecule has 1 saturated heterocycles. The minimum atomic E-state index is -0.504. The Morgan fingerprint density at radius 2 is 2.07 bits per heavy atom. The van der Waals surface area contributed by atoms with Gasteiger partial charge in [-0.25, -0.2) is 14.4 Å². The topological polar surface area (TPSA) is 105 Å². The summed E-state index contributed by atoms with van der Waals surface area (Å²) < 4.78 is 19.0. The van der Waals surface area contributed by atoms with Gasteiger partial charge in [-0.1, -0.05) is 11.6 Å². The number of ether oxygens (including phenoxy) is 1. The lowest BCUT2D eigenvalue weighted by Gasteiger charge is -2.18. The molecule has 1 aliphatic rings. The summed E-state index contributed by atoms with van der Waals surface area (Å²) in [5.41, 5.74) is 7.27. The van der Waals surface area contributed by atoms with Crippen LogP contribution < -0.4 is 10.5 Å². The Hall–Kier alpha value is -2.58. The largest absolute Gasteiger partial charge is 0.491 e. The molecule has 0 saturated carbocycles. The Bertz CT molecular complexity index is 914. The van der Waals surface area contributed by atoms with Gasteiger partial charge < -0.3 is 20.8 Å². The molecule has 1 aromatic carbocycles. The van der Waals surface area contributed by atoms with Crippen molar-refractivity contribution in [2.75, 3.05) is 26.2 Å². The average molecular weight is 406 g/mol. The molecule has 7 nitrogen and oxygen atoms in total. The van der Waals surface area contributed by atoms with Gasteiger partial charge in [-0.15, -0.1) is 0 Å². The van der Waals surface area contributed by atoms with Crippen LogP contribution >= 0.6 is 11.6 Å². The van der Waals surface area contributed by atoms with Crippen LogP contribution in [-0.2, 0) is 0 Å². The van der Waals surface area contributed by atoms with E-state index < -0.39 is 11.7 Å². The van der Waals surface area contributed by atoms with Crippen LogP contribution in [0.1, 0.15) is 33.5 Å². The number of nitrogens with two attached hydrogens (primary N) is 1. The van der Waals surface area contributed by atoms with Gasteiger partial charge in [0.2, 0.25) is 0 Å². The van der Waals surface area contributed by atoms with Gasteiger partial charge in [0.05, 0.1) is 34.4 Å². The summed E-state index contributed by atoms with van der Waals surface area (Å²) in [6.07, 6.45) is 0. The lowest BCUT2D eigenvalue weighted by molar-refractivity contribution is 0.0790. The van der Waals surface area contributed by atoms with Crippen molar-refractivity contribution in [1.82, 2.24) is 14.9 Å². The highest BCUT2D eigenvalue weighted by atomic mass is 35.5. The molecule has 3 N–H and O–H groups in total. The van der Waals surface area contributed by atoms with Gasteiger partial charge in [0, 0.05) is 24.9 Å². The lowest BCUT2D eigenvalue weighted by atomic mass is 10.1. The fourth-order valence-electron chi connectivity index (χ4n) is 3.12. The number of likely N-dealkylation sites (tertiary alicyclic amines) is 1. The first-order valence-electron chi connectivity index (χ1n) is 8.81. The molecule has 0 spiro atoms. The number of nitrogens with one attached hydrogen (secondary N) is 1. The first-order chi connectivity index (χ1) is 13.3. The summed E-state index contributed by atoms with van der Waals surface area (Å²) in [5, 5.41) is 8.80. The zero-order valence-corrected chi connectivity index (χ0v) is 16.4. The van der Waals surface area contributed by atoms with Crippen molar-refractivity contribution in [1.29, 1.82) is 5.41 Å². The Kier molecular flexibility index (Phi) is 5.90. The summed E-state index contributed by atoms with van der Waals surface area (Å²) in [4.78, 5) is 23.3. The molecule has 0 radical (unpaired) electrons. The van der Waals surface area contributed by atoms with Gasteiger partial charge in [-0.3, -0.25) is 4.79 Å². The second-order valence-corrected chi connectivity index (χ2v) is 6.99. The van der Waals surface area contributed by atoms with Crippen LogP contribution in [0.2, 0.25) is 5.02 Å². The third kappa shape index (κ3) is 3.98. The molecule has 1 unspecified atom stereocenters. The van der Waals surface area contributed by atoms with Crippen LogP contribution in [-0.4, -0.2) is 52.7 Å². The van der Waals surface area contributed by atoms with Crippen molar-refractivity contribution in [2.24, 2.45) is 5.73 Å². The fourth-order valence-corrected chi connectivity index (χ4v) is 3.20. The van der Waals surface area contributed by atoms with Gasteiger partial charge in [0.25, 0.3) is 5.91 Å². The van der Waals surface area contributed by atoms with Gasteiger partial charge in [-0.2, -0.15) is 0 Å². The number of carbonyl (C=O) groups is 1. The maximum Gasteiger partial charge on any atom is 0.257 e. The molecule has 1 fully saturated rings. The molecule has 0 bridgehead atoms. The van der Waals surface area contributed by atoms with Gasteiger partial charge in [0.1, 0.15) is 24.0 Å². The van der Waals surface area contributed by atoms with E-state index in [1.54, 1.807) is 13.8 Å². The van der Waals surface area contributed by atoms with Gasteiger partial charge in [0.15, 0.2) is 0 Å². The van der Waals surface area contributed by atoms with E-state index in [1.165, 1.54) is 17.0 Å². The van der Waals surface area contributed by atoms with Crippen LogP contribution in [0.4, 0.5) is 4.39 Å². The number of nitrogens with zero attached hydrogens (tertiary/aromatic N) is 3. The highest BCUT2D eigenvalue weighted by Gasteiger charge is 2.35. The van der Waals surface area contributed by atoms with Crippen molar-refractivity contribution in [3.8, 4) is 5.75 Å². The first kappa shape index (κ1) is 20.2. The number of carbonyl (C=O) groups excluding carboxylic acids is 1. The molecule has 1 amide bonds. The van der Waals surface area contributed by atoms with E-state index in [1.807, 2.05) is 0 Å². The molecule has 9 heteroatoms. The highest BCUT2D eigenvalue weighted by molar-refractivity contribution is 6.31. The molecule has 2 heterocycles. The predicted molar refractivity (Wildman–Crippen MR) is 104 cm³/mol. The van der Waals surface area contributed by atoms with Crippen LogP contribution in [0.3, 0.4) is 0 Å². The zero-order chi connectivity index (χ0) is 20.4. The Morgan fingerprint density at radius 1 is 1.39 bits per heavy atom. The number of aryl methyl sites for hydroxylation is 2. The van der Waals surface area contributed by atoms with E-state index in [-0.39, 0.29) is 43.5 Å².